The third kappa shape index (κ3) is 4.29. The molecule has 0 radical (unpaired) electrons. The molecule has 1 aromatic heterocycles. The molecule has 1 saturated heterocycles. The van der Waals surface area contributed by atoms with Gasteiger partial charge in [-0.25, -0.2) is 4.39 Å². The van der Waals surface area contributed by atoms with Crippen LogP contribution in [-0.2, 0) is 9.59 Å². The van der Waals surface area contributed by atoms with Gasteiger partial charge in [-0.3, -0.25) is 14.5 Å². The van der Waals surface area contributed by atoms with E-state index in [2.05, 4.69) is 20.4 Å². The van der Waals surface area contributed by atoms with Gasteiger partial charge in [0.05, 0.1) is 6.04 Å². The number of hydrogen-bond donors (Lipinski definition) is 1. The SMILES string of the molecule is Cc1cc(-c2noc(C(C)N3CCN(C(=O)C(=O)NC4CC4)CC3)n2)ccc1F. The average Bonchev–Trinajstić information content (AvgIpc) is 3.40. The minimum Gasteiger partial charge on any atom is -0.345 e. The molecular weight excluding hydrogens is 377 g/mol. The highest BCUT2D eigenvalue weighted by Crippen LogP contribution is 2.25. The number of rotatable bonds is 4. The summed E-state index contributed by atoms with van der Waals surface area (Å²) in [5.74, 6) is -0.362. The van der Waals surface area contributed by atoms with Crippen LogP contribution in [0.5, 0.6) is 0 Å². The van der Waals surface area contributed by atoms with E-state index in [4.69, 9.17) is 4.52 Å². The molecule has 0 spiro atoms. The molecule has 2 heterocycles. The van der Waals surface area contributed by atoms with Gasteiger partial charge in [-0.2, -0.15) is 4.98 Å². The fraction of sp³-hybridized carbons (Fsp3) is 0.500. The van der Waals surface area contributed by atoms with Crippen LogP contribution < -0.4 is 5.32 Å². The third-order valence-corrected chi connectivity index (χ3v) is 5.47. The summed E-state index contributed by atoms with van der Waals surface area (Å²) in [5, 5.41) is 6.76. The molecule has 1 aliphatic carbocycles. The van der Waals surface area contributed by atoms with Crippen LogP contribution in [0.15, 0.2) is 22.7 Å². The molecule has 154 valence electrons. The smallest absolute Gasteiger partial charge is 0.311 e. The number of nitrogens with one attached hydrogen (secondary N) is 1. The molecule has 2 aliphatic rings. The summed E-state index contributed by atoms with van der Waals surface area (Å²) in [6, 6.07) is 4.74. The Morgan fingerprint density at radius 2 is 1.97 bits per heavy atom. The van der Waals surface area contributed by atoms with Gasteiger partial charge in [-0.15, -0.1) is 0 Å². The molecule has 2 aromatic rings. The number of carbonyl (C=O) groups excluding carboxylic acids is 2. The molecule has 9 heteroatoms. The maximum atomic E-state index is 13.5. The summed E-state index contributed by atoms with van der Waals surface area (Å²) < 4.78 is 18.9. The monoisotopic (exact) mass is 401 g/mol. The largest absolute Gasteiger partial charge is 0.345 e. The van der Waals surface area contributed by atoms with Crippen LogP contribution >= 0.6 is 0 Å². The number of halogens is 1. The van der Waals surface area contributed by atoms with E-state index in [1.807, 2.05) is 6.92 Å². The second-order valence-electron chi connectivity index (χ2n) is 7.67. The summed E-state index contributed by atoms with van der Waals surface area (Å²) in [7, 11) is 0. The second kappa shape index (κ2) is 7.90. The number of aryl methyl sites for hydroxylation is 1. The van der Waals surface area contributed by atoms with Gasteiger partial charge in [0.15, 0.2) is 0 Å². The number of aromatic nitrogens is 2. The van der Waals surface area contributed by atoms with Crippen LogP contribution in [0.25, 0.3) is 11.4 Å². The van der Waals surface area contributed by atoms with Crippen molar-refractivity contribution in [2.24, 2.45) is 0 Å². The van der Waals surface area contributed by atoms with Crippen molar-refractivity contribution in [3.05, 3.63) is 35.5 Å². The van der Waals surface area contributed by atoms with Crippen molar-refractivity contribution in [2.75, 3.05) is 26.2 Å². The second-order valence-corrected chi connectivity index (χ2v) is 7.67. The van der Waals surface area contributed by atoms with Crippen LogP contribution in [0.3, 0.4) is 0 Å². The van der Waals surface area contributed by atoms with Crippen molar-refractivity contribution in [1.82, 2.24) is 25.3 Å². The lowest BCUT2D eigenvalue weighted by atomic mass is 10.1. The third-order valence-electron chi connectivity index (χ3n) is 5.47. The highest BCUT2D eigenvalue weighted by molar-refractivity contribution is 6.35. The van der Waals surface area contributed by atoms with Crippen molar-refractivity contribution < 1.29 is 18.5 Å². The number of amides is 2. The normalized spacial score (nSPS) is 18.5. The predicted octanol–water partition coefficient (Wildman–Crippen LogP) is 1.67. The van der Waals surface area contributed by atoms with Crippen LogP contribution in [0, 0.1) is 12.7 Å². The molecule has 1 atom stereocenters. The highest BCUT2D eigenvalue weighted by atomic mass is 19.1. The van der Waals surface area contributed by atoms with Crippen LogP contribution in [0.2, 0.25) is 0 Å². The van der Waals surface area contributed by atoms with E-state index < -0.39 is 11.8 Å². The first kappa shape index (κ1) is 19.5. The van der Waals surface area contributed by atoms with E-state index in [-0.39, 0.29) is 17.9 Å². The van der Waals surface area contributed by atoms with Crippen LogP contribution in [0.4, 0.5) is 4.39 Å². The van der Waals surface area contributed by atoms with Gasteiger partial charge >= 0.3 is 11.8 Å². The molecule has 1 N–H and O–H groups in total. The Morgan fingerprint density at radius 3 is 2.62 bits per heavy atom. The predicted molar refractivity (Wildman–Crippen MR) is 102 cm³/mol. The maximum Gasteiger partial charge on any atom is 0.311 e. The first-order chi connectivity index (χ1) is 13.9. The fourth-order valence-electron chi connectivity index (χ4n) is 3.39. The number of carbonyl (C=O) groups is 2. The van der Waals surface area contributed by atoms with Gasteiger partial charge in [0.1, 0.15) is 5.82 Å². The molecule has 2 amide bonds. The summed E-state index contributed by atoms with van der Waals surface area (Å²) in [4.78, 5) is 32.4. The minimum absolute atomic E-state index is 0.129. The van der Waals surface area contributed by atoms with E-state index in [1.54, 1.807) is 24.0 Å². The van der Waals surface area contributed by atoms with Gasteiger partial charge in [-0.05, 0) is 50.5 Å². The van der Waals surface area contributed by atoms with Gasteiger partial charge in [-0.1, -0.05) is 5.16 Å². The Kier molecular flexibility index (Phi) is 5.31. The lowest BCUT2D eigenvalue weighted by Crippen LogP contribution is -2.53. The highest BCUT2D eigenvalue weighted by Gasteiger charge is 2.32. The molecule has 0 bridgehead atoms. The number of nitrogens with zero attached hydrogens (tertiary/aromatic N) is 4. The summed E-state index contributed by atoms with van der Waals surface area (Å²) in [5.41, 5.74) is 1.22. The van der Waals surface area contributed by atoms with Gasteiger partial charge < -0.3 is 14.7 Å². The zero-order chi connectivity index (χ0) is 20.5. The molecular formula is C20H24FN5O3. The van der Waals surface area contributed by atoms with E-state index in [0.717, 1.165) is 12.8 Å². The van der Waals surface area contributed by atoms with E-state index in [9.17, 15) is 14.0 Å². The zero-order valence-corrected chi connectivity index (χ0v) is 16.5. The average molecular weight is 401 g/mol. The Labute approximate surface area is 168 Å². The molecule has 1 aliphatic heterocycles. The van der Waals surface area contributed by atoms with E-state index in [0.29, 0.717) is 49.0 Å². The first-order valence-electron chi connectivity index (χ1n) is 9.86. The molecule has 1 aromatic carbocycles. The molecule has 1 saturated carbocycles. The minimum atomic E-state index is -0.509. The number of hydrogen-bond acceptors (Lipinski definition) is 6. The number of benzene rings is 1. The Bertz CT molecular complexity index is 919. The maximum absolute atomic E-state index is 13.5. The van der Waals surface area contributed by atoms with Gasteiger partial charge in [0.25, 0.3) is 0 Å². The van der Waals surface area contributed by atoms with E-state index >= 15 is 0 Å². The lowest BCUT2D eigenvalue weighted by molar-refractivity contribution is -0.147. The zero-order valence-electron chi connectivity index (χ0n) is 16.5. The quantitative estimate of drug-likeness (QED) is 0.784. The molecule has 8 nitrogen and oxygen atoms in total. The molecule has 2 fully saturated rings. The first-order valence-corrected chi connectivity index (χ1v) is 9.86. The Balaban J connectivity index is 1.35. The van der Waals surface area contributed by atoms with Crippen molar-refractivity contribution in [2.45, 2.75) is 38.8 Å². The summed E-state index contributed by atoms with van der Waals surface area (Å²) in [6.45, 7) is 5.81. The Morgan fingerprint density at radius 1 is 1.24 bits per heavy atom. The van der Waals surface area contributed by atoms with Gasteiger partial charge in [0.2, 0.25) is 11.7 Å². The molecule has 4 rings (SSSR count). The number of piperazine rings is 1. The molecule has 1 unspecified atom stereocenters. The fourth-order valence-corrected chi connectivity index (χ4v) is 3.39. The summed E-state index contributed by atoms with van der Waals surface area (Å²) in [6.07, 6.45) is 1.90. The van der Waals surface area contributed by atoms with Crippen molar-refractivity contribution in [3.8, 4) is 11.4 Å². The summed E-state index contributed by atoms with van der Waals surface area (Å²) >= 11 is 0. The van der Waals surface area contributed by atoms with Gasteiger partial charge in [0, 0.05) is 37.8 Å². The topological polar surface area (TPSA) is 91.6 Å². The van der Waals surface area contributed by atoms with E-state index in [1.165, 1.54) is 6.07 Å². The Hall–Kier alpha value is -2.81. The van der Waals surface area contributed by atoms with Crippen molar-refractivity contribution in [1.29, 1.82) is 0 Å². The molecule has 29 heavy (non-hydrogen) atoms. The van der Waals surface area contributed by atoms with Crippen molar-refractivity contribution in [3.63, 3.8) is 0 Å². The lowest BCUT2D eigenvalue weighted by Gasteiger charge is -2.36. The van der Waals surface area contributed by atoms with Crippen LogP contribution in [-0.4, -0.2) is 64.0 Å². The van der Waals surface area contributed by atoms with Crippen molar-refractivity contribution >= 4 is 11.8 Å². The standard InChI is InChI=1S/C20H24FN5O3/c1-12-11-14(3-6-16(12)21)17-23-19(29-24-17)13(2)25-7-9-26(10-8-25)20(28)18(27)22-15-4-5-15/h3,6,11,13,15H,4-5,7-10H2,1-2H3,(H,22,27). The van der Waals surface area contributed by atoms with Crippen LogP contribution in [0.1, 0.15) is 37.3 Å².